The first-order chi connectivity index (χ1) is 9.61. The van der Waals surface area contributed by atoms with Gasteiger partial charge >= 0.3 is 12.0 Å². The largest absolute Gasteiger partial charge is 0.483 e. The maximum atomic E-state index is 11.1. The van der Waals surface area contributed by atoms with Gasteiger partial charge in [0.2, 0.25) is 0 Å². The number of halogens is 1. The molecule has 0 aliphatic heterocycles. The van der Waals surface area contributed by atoms with Gasteiger partial charge in [-0.05, 0) is 18.2 Å². The van der Waals surface area contributed by atoms with E-state index in [4.69, 9.17) is 26.3 Å². The molecule has 0 aromatic heterocycles. The highest BCUT2D eigenvalue weighted by atomic mass is 35.7. The predicted molar refractivity (Wildman–Crippen MR) is 69.7 cm³/mol. The quantitative estimate of drug-likeness (QED) is 0.634. The Kier molecular flexibility index (Phi) is 5.11. The molecule has 0 bridgehead atoms. The maximum Gasteiger partial charge on any atom is 0.339 e. The van der Waals surface area contributed by atoms with Gasteiger partial charge in [0.25, 0.3) is 15.0 Å². The van der Waals surface area contributed by atoms with E-state index >= 15 is 0 Å². The normalized spacial score (nSPS) is 10.7. The minimum atomic E-state index is -4.11. The molecule has 1 aromatic rings. The summed E-state index contributed by atoms with van der Waals surface area (Å²) in [7, 11) is 0.985. The summed E-state index contributed by atoms with van der Waals surface area (Å²) in [6, 6.07) is 1.73. The van der Waals surface area contributed by atoms with Crippen molar-refractivity contribution in [2.45, 2.75) is 4.90 Å². The van der Waals surface area contributed by atoms with Crippen LogP contribution < -0.4 is 15.8 Å². The highest BCUT2D eigenvalue weighted by Crippen LogP contribution is 2.24. The molecule has 0 spiro atoms. The Morgan fingerprint density at radius 1 is 1.33 bits per heavy atom. The van der Waals surface area contributed by atoms with Crippen molar-refractivity contribution in [2.75, 3.05) is 6.61 Å². The zero-order chi connectivity index (χ0) is 16.2. The molecular weight excluding hydrogens is 328 g/mol. The van der Waals surface area contributed by atoms with E-state index in [0.29, 0.717) is 0 Å². The second-order valence-corrected chi connectivity index (χ2v) is 6.17. The maximum absolute atomic E-state index is 11.1. The number of nitrogens with one attached hydrogen (secondary N) is 1. The predicted octanol–water partition coefficient (Wildman–Crippen LogP) is -0.114. The van der Waals surface area contributed by atoms with Gasteiger partial charge in [-0.1, -0.05) is 0 Å². The fourth-order valence-electron chi connectivity index (χ4n) is 1.27. The number of benzene rings is 1. The van der Waals surface area contributed by atoms with Crippen molar-refractivity contribution >= 4 is 37.6 Å². The molecule has 0 aliphatic carbocycles. The molecule has 1 aromatic carbocycles. The van der Waals surface area contributed by atoms with Crippen LogP contribution in [-0.2, 0) is 13.8 Å². The number of rotatable bonds is 5. The average Bonchev–Trinajstić information content (AvgIpc) is 2.34. The van der Waals surface area contributed by atoms with E-state index in [1.165, 1.54) is 0 Å². The molecule has 0 unspecified atom stereocenters. The molecule has 0 saturated carbocycles. The Hall–Kier alpha value is -2.33. The van der Waals surface area contributed by atoms with Gasteiger partial charge in [0, 0.05) is 10.7 Å². The molecule has 9 nitrogen and oxygen atoms in total. The second kappa shape index (κ2) is 6.41. The van der Waals surface area contributed by atoms with Crippen molar-refractivity contribution in [3.8, 4) is 5.75 Å². The van der Waals surface area contributed by atoms with Crippen LogP contribution in [0.1, 0.15) is 10.4 Å². The second-order valence-electron chi connectivity index (χ2n) is 3.60. The zero-order valence-electron chi connectivity index (χ0n) is 10.2. The molecule has 0 atom stereocenters. The number of carbonyl (C=O) groups excluding carboxylic acids is 2. The first kappa shape index (κ1) is 16.7. The van der Waals surface area contributed by atoms with E-state index < -0.39 is 44.0 Å². The fraction of sp³-hybridized carbons (Fsp3) is 0.100. The van der Waals surface area contributed by atoms with Crippen molar-refractivity contribution < 1.29 is 32.6 Å². The van der Waals surface area contributed by atoms with E-state index in [-0.39, 0.29) is 5.75 Å². The Morgan fingerprint density at radius 2 is 1.95 bits per heavy atom. The van der Waals surface area contributed by atoms with Gasteiger partial charge < -0.3 is 15.6 Å². The summed E-state index contributed by atoms with van der Waals surface area (Å²) in [4.78, 5) is 32.1. The van der Waals surface area contributed by atoms with E-state index in [2.05, 4.69) is 0 Å². The third-order valence-corrected chi connectivity index (χ3v) is 3.44. The number of hydrogen-bond acceptors (Lipinski definition) is 6. The van der Waals surface area contributed by atoms with Crippen LogP contribution in [0.2, 0.25) is 0 Å². The molecule has 114 valence electrons. The van der Waals surface area contributed by atoms with Crippen molar-refractivity contribution in [1.29, 1.82) is 0 Å². The molecule has 3 amide bonds. The molecule has 0 fully saturated rings. The first-order valence-corrected chi connectivity index (χ1v) is 7.46. The monoisotopic (exact) mass is 336 g/mol. The standard InChI is InChI=1S/C10H9ClN2O7S/c11-21(18,19)5-1-2-7(6(3-5)9(15)16)20-4-8(14)13-10(12)17/h1-3H,4H2,(H,15,16)(H3,12,13,14,17). The molecule has 0 radical (unpaired) electrons. The lowest BCUT2D eigenvalue weighted by Crippen LogP contribution is -2.38. The Morgan fingerprint density at radius 3 is 2.43 bits per heavy atom. The van der Waals surface area contributed by atoms with E-state index in [0.717, 1.165) is 18.2 Å². The van der Waals surface area contributed by atoms with Crippen LogP contribution in [0.5, 0.6) is 5.75 Å². The van der Waals surface area contributed by atoms with Gasteiger partial charge in [-0.25, -0.2) is 18.0 Å². The van der Waals surface area contributed by atoms with Crippen LogP contribution in [0.15, 0.2) is 23.1 Å². The van der Waals surface area contributed by atoms with Crippen LogP contribution >= 0.6 is 10.7 Å². The van der Waals surface area contributed by atoms with Crippen molar-refractivity contribution in [3.05, 3.63) is 23.8 Å². The average molecular weight is 337 g/mol. The molecule has 0 saturated heterocycles. The molecule has 1 rings (SSSR count). The highest BCUT2D eigenvalue weighted by molar-refractivity contribution is 8.13. The van der Waals surface area contributed by atoms with E-state index in [9.17, 15) is 22.8 Å². The SMILES string of the molecule is NC(=O)NC(=O)COc1ccc(S(=O)(=O)Cl)cc1C(=O)O. The minimum absolute atomic E-state index is 0.272. The molecule has 0 heterocycles. The lowest BCUT2D eigenvalue weighted by molar-refractivity contribution is -0.121. The topological polar surface area (TPSA) is 153 Å². The number of aromatic carboxylic acids is 1. The number of carboxylic acids is 1. The fourth-order valence-corrected chi connectivity index (χ4v) is 2.05. The molecule has 0 aliphatic rings. The van der Waals surface area contributed by atoms with Gasteiger partial charge in [-0.15, -0.1) is 0 Å². The molecule has 21 heavy (non-hydrogen) atoms. The van der Waals surface area contributed by atoms with E-state index in [1.807, 2.05) is 0 Å². The third kappa shape index (κ3) is 4.93. The summed E-state index contributed by atoms with van der Waals surface area (Å²) in [5.41, 5.74) is 4.20. The number of nitrogens with two attached hydrogens (primary N) is 1. The number of primary amides is 1. The summed E-state index contributed by atoms with van der Waals surface area (Å²) < 4.78 is 27.1. The zero-order valence-corrected chi connectivity index (χ0v) is 11.8. The lowest BCUT2D eigenvalue weighted by Gasteiger charge is -2.09. The Balaban J connectivity index is 3.00. The van der Waals surface area contributed by atoms with Crippen LogP contribution in [-0.4, -0.2) is 38.0 Å². The Labute approximate surface area is 123 Å². The number of carboxylic acid groups (broad SMARTS) is 1. The van der Waals surface area contributed by atoms with Crippen molar-refractivity contribution in [3.63, 3.8) is 0 Å². The summed E-state index contributed by atoms with van der Waals surface area (Å²) in [6.45, 7) is -0.684. The van der Waals surface area contributed by atoms with Crippen LogP contribution in [0, 0.1) is 0 Å². The number of urea groups is 1. The number of carbonyl (C=O) groups is 3. The number of hydrogen-bond donors (Lipinski definition) is 3. The highest BCUT2D eigenvalue weighted by Gasteiger charge is 2.18. The van der Waals surface area contributed by atoms with Gasteiger partial charge in [-0.2, -0.15) is 0 Å². The van der Waals surface area contributed by atoms with Gasteiger partial charge in [0.1, 0.15) is 11.3 Å². The third-order valence-electron chi connectivity index (χ3n) is 2.08. The van der Waals surface area contributed by atoms with Gasteiger partial charge in [0.05, 0.1) is 4.90 Å². The van der Waals surface area contributed by atoms with Crippen molar-refractivity contribution in [2.24, 2.45) is 5.73 Å². The first-order valence-electron chi connectivity index (χ1n) is 5.15. The van der Waals surface area contributed by atoms with Crippen LogP contribution in [0.3, 0.4) is 0 Å². The molecule has 11 heteroatoms. The lowest BCUT2D eigenvalue weighted by atomic mass is 10.2. The van der Waals surface area contributed by atoms with Gasteiger partial charge in [0.15, 0.2) is 6.61 Å². The van der Waals surface area contributed by atoms with Crippen molar-refractivity contribution in [1.82, 2.24) is 5.32 Å². The Bertz CT molecular complexity index is 701. The van der Waals surface area contributed by atoms with Crippen LogP contribution in [0.25, 0.3) is 0 Å². The minimum Gasteiger partial charge on any atom is -0.483 e. The summed E-state index contributed by atoms with van der Waals surface area (Å²) in [6.07, 6.45) is 0. The molecule has 4 N–H and O–H groups in total. The van der Waals surface area contributed by atoms with Gasteiger partial charge in [-0.3, -0.25) is 10.1 Å². The summed E-state index contributed by atoms with van der Waals surface area (Å²) >= 11 is 0. The van der Waals surface area contributed by atoms with Crippen LogP contribution in [0.4, 0.5) is 4.79 Å². The van der Waals surface area contributed by atoms with E-state index in [1.54, 1.807) is 5.32 Å². The summed E-state index contributed by atoms with van der Waals surface area (Å²) in [5, 5.41) is 10.7. The summed E-state index contributed by atoms with van der Waals surface area (Å²) in [5.74, 6) is -2.65. The number of ether oxygens (including phenoxy) is 1. The number of amides is 3. The molecular formula is C10H9ClN2O7S. The smallest absolute Gasteiger partial charge is 0.339 e. The number of imide groups is 1.